The first-order valence-corrected chi connectivity index (χ1v) is 8.01. The minimum atomic E-state index is -0.449. The number of amides is 2. The number of hydrogen-bond donors (Lipinski definition) is 2. The van der Waals surface area contributed by atoms with Gasteiger partial charge in [0, 0.05) is 10.5 Å². The van der Waals surface area contributed by atoms with E-state index in [0.717, 1.165) is 15.6 Å². The zero-order valence-corrected chi connectivity index (χ0v) is 14.6. The Morgan fingerprint density at radius 1 is 1.12 bits per heavy atom. The lowest BCUT2D eigenvalue weighted by molar-refractivity contribution is -0.126. The van der Waals surface area contributed by atoms with Gasteiger partial charge in [0.15, 0.2) is 0 Å². The SMILES string of the molecule is Cc1ccc(/C=C/C(=O)NNC(=O)Cc2ccc(F)cc2)c(Br)c1. The molecule has 124 valence electrons. The molecule has 24 heavy (non-hydrogen) atoms. The van der Waals surface area contributed by atoms with Gasteiger partial charge in [-0.15, -0.1) is 0 Å². The number of aryl methyl sites for hydroxylation is 1. The molecule has 6 heteroatoms. The first-order chi connectivity index (χ1) is 11.4. The summed E-state index contributed by atoms with van der Waals surface area (Å²) in [7, 11) is 0. The summed E-state index contributed by atoms with van der Waals surface area (Å²) >= 11 is 3.42. The Balaban J connectivity index is 1.83. The largest absolute Gasteiger partial charge is 0.273 e. The predicted molar refractivity (Wildman–Crippen MR) is 94.3 cm³/mol. The van der Waals surface area contributed by atoms with Gasteiger partial charge in [0.05, 0.1) is 6.42 Å². The number of benzene rings is 2. The van der Waals surface area contributed by atoms with Gasteiger partial charge in [-0.3, -0.25) is 20.4 Å². The van der Waals surface area contributed by atoms with E-state index in [0.29, 0.717) is 5.56 Å². The molecule has 0 aliphatic rings. The highest BCUT2D eigenvalue weighted by molar-refractivity contribution is 9.10. The highest BCUT2D eigenvalue weighted by Crippen LogP contribution is 2.19. The van der Waals surface area contributed by atoms with Crippen molar-refractivity contribution in [2.75, 3.05) is 0 Å². The van der Waals surface area contributed by atoms with Crippen molar-refractivity contribution in [3.05, 3.63) is 75.5 Å². The normalized spacial score (nSPS) is 10.6. The molecule has 0 saturated heterocycles. The van der Waals surface area contributed by atoms with Gasteiger partial charge in [0.1, 0.15) is 5.82 Å². The predicted octanol–water partition coefficient (Wildman–Crippen LogP) is 3.30. The molecule has 0 heterocycles. The maximum absolute atomic E-state index is 12.8. The van der Waals surface area contributed by atoms with Crippen molar-refractivity contribution < 1.29 is 14.0 Å². The van der Waals surface area contributed by atoms with Gasteiger partial charge in [0.2, 0.25) is 5.91 Å². The van der Waals surface area contributed by atoms with Gasteiger partial charge in [-0.05, 0) is 47.9 Å². The quantitative estimate of drug-likeness (QED) is 0.621. The summed E-state index contributed by atoms with van der Waals surface area (Å²) in [6.07, 6.45) is 3.02. The number of nitrogens with one attached hydrogen (secondary N) is 2. The molecule has 2 N–H and O–H groups in total. The van der Waals surface area contributed by atoms with E-state index in [2.05, 4.69) is 26.8 Å². The van der Waals surface area contributed by atoms with Gasteiger partial charge in [-0.2, -0.15) is 0 Å². The lowest BCUT2D eigenvalue weighted by Gasteiger charge is -2.05. The Morgan fingerprint density at radius 3 is 2.50 bits per heavy atom. The van der Waals surface area contributed by atoms with Crippen molar-refractivity contribution >= 4 is 33.8 Å². The van der Waals surface area contributed by atoms with Crippen LogP contribution in [0.5, 0.6) is 0 Å². The first kappa shape index (κ1) is 17.9. The number of carbonyl (C=O) groups excluding carboxylic acids is 2. The van der Waals surface area contributed by atoms with Crippen molar-refractivity contribution in [1.29, 1.82) is 0 Å². The first-order valence-electron chi connectivity index (χ1n) is 7.21. The highest BCUT2D eigenvalue weighted by Gasteiger charge is 2.04. The molecule has 0 unspecified atom stereocenters. The Hall–Kier alpha value is -2.47. The van der Waals surface area contributed by atoms with E-state index in [-0.39, 0.29) is 18.1 Å². The summed E-state index contributed by atoms with van der Waals surface area (Å²) in [6, 6.07) is 11.4. The summed E-state index contributed by atoms with van der Waals surface area (Å²) in [4.78, 5) is 23.4. The highest BCUT2D eigenvalue weighted by atomic mass is 79.9. The van der Waals surface area contributed by atoms with Crippen molar-refractivity contribution in [3.63, 3.8) is 0 Å². The van der Waals surface area contributed by atoms with Crippen molar-refractivity contribution in [3.8, 4) is 0 Å². The van der Waals surface area contributed by atoms with E-state index in [9.17, 15) is 14.0 Å². The van der Waals surface area contributed by atoms with Crippen LogP contribution in [0.15, 0.2) is 53.0 Å². The van der Waals surface area contributed by atoms with Gasteiger partial charge in [-0.25, -0.2) is 4.39 Å². The standard InChI is InChI=1S/C18H16BrFN2O2/c1-12-2-5-14(16(19)10-12)6-9-17(23)21-22-18(24)11-13-3-7-15(20)8-4-13/h2-10H,11H2,1H3,(H,21,23)(H,22,24)/b9-6+. The van der Waals surface area contributed by atoms with Crippen molar-refractivity contribution in [2.24, 2.45) is 0 Å². The van der Waals surface area contributed by atoms with Crippen molar-refractivity contribution in [1.82, 2.24) is 10.9 Å². The molecule has 0 aromatic heterocycles. The summed E-state index contributed by atoms with van der Waals surface area (Å²) in [5.41, 5.74) is 7.23. The molecule has 0 bridgehead atoms. The molecule has 2 rings (SSSR count). The molecule has 0 radical (unpaired) electrons. The second-order valence-electron chi connectivity index (χ2n) is 5.20. The zero-order chi connectivity index (χ0) is 17.5. The molecule has 0 fully saturated rings. The van der Waals surface area contributed by atoms with Crippen LogP contribution in [0.1, 0.15) is 16.7 Å². The molecular formula is C18H16BrFN2O2. The van der Waals surface area contributed by atoms with Crippen molar-refractivity contribution in [2.45, 2.75) is 13.3 Å². The maximum Gasteiger partial charge on any atom is 0.262 e. The Kier molecular flexibility index (Phi) is 6.26. The van der Waals surface area contributed by atoms with Crippen LogP contribution < -0.4 is 10.9 Å². The van der Waals surface area contributed by atoms with E-state index in [4.69, 9.17) is 0 Å². The van der Waals surface area contributed by atoms with Gasteiger partial charge in [-0.1, -0.05) is 40.2 Å². The van der Waals surface area contributed by atoms with Gasteiger partial charge < -0.3 is 0 Å². The third-order valence-corrected chi connectivity index (χ3v) is 3.86. The lowest BCUT2D eigenvalue weighted by atomic mass is 10.1. The maximum atomic E-state index is 12.8. The average Bonchev–Trinajstić information content (AvgIpc) is 2.54. The molecular weight excluding hydrogens is 375 g/mol. The van der Waals surface area contributed by atoms with Crippen LogP contribution in [0.2, 0.25) is 0 Å². The number of rotatable bonds is 4. The zero-order valence-electron chi connectivity index (χ0n) is 13.0. The van der Waals surface area contributed by atoms with Crippen LogP contribution in [0.25, 0.3) is 6.08 Å². The third kappa shape index (κ3) is 5.62. The smallest absolute Gasteiger partial charge is 0.262 e. The van der Waals surface area contributed by atoms with Crippen LogP contribution in [0.3, 0.4) is 0 Å². The second kappa shape index (κ2) is 8.40. The Bertz CT molecular complexity index is 773. The Morgan fingerprint density at radius 2 is 1.83 bits per heavy atom. The van der Waals surface area contributed by atoms with Crippen LogP contribution in [0.4, 0.5) is 4.39 Å². The minimum absolute atomic E-state index is 0.0494. The molecule has 2 aromatic carbocycles. The van der Waals surface area contributed by atoms with E-state index < -0.39 is 5.91 Å². The lowest BCUT2D eigenvalue weighted by Crippen LogP contribution is -2.41. The topological polar surface area (TPSA) is 58.2 Å². The molecule has 0 atom stereocenters. The molecule has 4 nitrogen and oxygen atoms in total. The number of hydrogen-bond acceptors (Lipinski definition) is 2. The molecule has 0 saturated carbocycles. The van der Waals surface area contributed by atoms with Crippen LogP contribution in [0, 0.1) is 12.7 Å². The molecule has 0 aliphatic heterocycles. The molecule has 0 spiro atoms. The van der Waals surface area contributed by atoms with E-state index in [1.807, 2.05) is 25.1 Å². The van der Waals surface area contributed by atoms with Crippen LogP contribution in [-0.2, 0) is 16.0 Å². The monoisotopic (exact) mass is 390 g/mol. The third-order valence-electron chi connectivity index (χ3n) is 3.17. The fourth-order valence-corrected chi connectivity index (χ4v) is 2.56. The molecule has 0 aliphatic carbocycles. The number of hydrazine groups is 1. The van der Waals surface area contributed by atoms with E-state index in [1.54, 1.807) is 6.08 Å². The summed E-state index contributed by atoms with van der Waals surface area (Å²) in [5.74, 6) is -1.20. The number of carbonyl (C=O) groups is 2. The average molecular weight is 391 g/mol. The number of halogens is 2. The van der Waals surface area contributed by atoms with Gasteiger partial charge in [0.25, 0.3) is 5.91 Å². The summed E-state index contributed by atoms with van der Waals surface area (Å²) in [5, 5.41) is 0. The van der Waals surface area contributed by atoms with Crippen LogP contribution in [-0.4, -0.2) is 11.8 Å². The van der Waals surface area contributed by atoms with E-state index >= 15 is 0 Å². The fraction of sp³-hybridized carbons (Fsp3) is 0.111. The Labute approximate surface area is 147 Å². The summed E-state index contributed by atoms with van der Waals surface area (Å²) < 4.78 is 13.7. The molecule has 2 aromatic rings. The summed E-state index contributed by atoms with van der Waals surface area (Å²) in [6.45, 7) is 1.97. The van der Waals surface area contributed by atoms with Crippen LogP contribution >= 0.6 is 15.9 Å². The minimum Gasteiger partial charge on any atom is -0.273 e. The fourth-order valence-electron chi connectivity index (χ4n) is 1.94. The second-order valence-corrected chi connectivity index (χ2v) is 6.05. The van der Waals surface area contributed by atoms with E-state index in [1.165, 1.54) is 30.3 Å². The molecule has 2 amide bonds. The van der Waals surface area contributed by atoms with Gasteiger partial charge >= 0.3 is 0 Å².